The normalized spacial score (nSPS) is 10.4. The van der Waals surface area contributed by atoms with Gasteiger partial charge in [0.2, 0.25) is 0 Å². The Balaban J connectivity index is 1.95. The third-order valence-electron chi connectivity index (χ3n) is 2.58. The van der Waals surface area contributed by atoms with Gasteiger partial charge in [-0.2, -0.15) is 0 Å². The van der Waals surface area contributed by atoms with Crippen LogP contribution in [0.2, 0.25) is 0 Å². The summed E-state index contributed by atoms with van der Waals surface area (Å²) >= 11 is 5.33. The van der Waals surface area contributed by atoms with Crippen LogP contribution in [0.5, 0.6) is 0 Å². The fraction of sp³-hybridized carbons (Fsp3) is 0.267. The molecule has 0 atom stereocenters. The minimum atomic E-state index is 0.958. The van der Waals surface area contributed by atoms with Crippen molar-refractivity contribution in [3.05, 3.63) is 52.6 Å². The molecular formula is C15H17BrN2S. The average Bonchev–Trinajstić information content (AvgIpc) is 2.43. The van der Waals surface area contributed by atoms with Crippen molar-refractivity contribution in [1.29, 1.82) is 0 Å². The maximum absolute atomic E-state index is 4.32. The molecule has 1 aromatic heterocycles. The van der Waals surface area contributed by atoms with Crippen LogP contribution in [0, 0.1) is 0 Å². The third-order valence-corrected chi connectivity index (χ3v) is 4.14. The molecule has 4 heteroatoms. The molecule has 2 aromatic rings. The fourth-order valence-electron chi connectivity index (χ4n) is 1.64. The van der Waals surface area contributed by atoms with E-state index in [2.05, 4.69) is 63.5 Å². The lowest BCUT2D eigenvalue weighted by Gasteiger charge is -2.06. The molecule has 19 heavy (non-hydrogen) atoms. The zero-order valence-corrected chi connectivity index (χ0v) is 13.3. The van der Waals surface area contributed by atoms with E-state index in [1.807, 2.05) is 24.0 Å². The van der Waals surface area contributed by atoms with Gasteiger partial charge in [0.25, 0.3) is 0 Å². The van der Waals surface area contributed by atoms with Gasteiger partial charge in [-0.15, -0.1) is 11.8 Å². The number of pyridine rings is 1. The predicted molar refractivity (Wildman–Crippen MR) is 86.7 cm³/mol. The van der Waals surface area contributed by atoms with Gasteiger partial charge in [0.1, 0.15) is 5.82 Å². The van der Waals surface area contributed by atoms with E-state index in [1.165, 1.54) is 10.5 Å². The molecule has 0 radical (unpaired) electrons. The lowest BCUT2D eigenvalue weighted by atomic mass is 10.3. The van der Waals surface area contributed by atoms with Crippen LogP contribution in [0.3, 0.4) is 0 Å². The minimum Gasteiger partial charge on any atom is -0.370 e. The second-order valence-corrected chi connectivity index (χ2v) is 6.19. The van der Waals surface area contributed by atoms with Crippen molar-refractivity contribution in [2.24, 2.45) is 0 Å². The number of anilines is 1. The number of rotatable bonds is 6. The van der Waals surface area contributed by atoms with Crippen LogP contribution >= 0.6 is 27.7 Å². The van der Waals surface area contributed by atoms with Gasteiger partial charge < -0.3 is 5.32 Å². The van der Waals surface area contributed by atoms with E-state index in [0.29, 0.717) is 0 Å². The van der Waals surface area contributed by atoms with Crippen LogP contribution in [0.25, 0.3) is 0 Å². The number of halogens is 1. The van der Waals surface area contributed by atoms with Crippen molar-refractivity contribution in [1.82, 2.24) is 4.98 Å². The highest BCUT2D eigenvalue weighted by Crippen LogP contribution is 2.25. The van der Waals surface area contributed by atoms with Crippen molar-refractivity contribution in [3.8, 4) is 0 Å². The monoisotopic (exact) mass is 336 g/mol. The number of benzene rings is 1. The van der Waals surface area contributed by atoms with E-state index in [0.717, 1.165) is 29.0 Å². The maximum atomic E-state index is 4.32. The van der Waals surface area contributed by atoms with Crippen molar-refractivity contribution in [2.75, 3.05) is 11.9 Å². The van der Waals surface area contributed by atoms with Gasteiger partial charge in [0.15, 0.2) is 0 Å². The van der Waals surface area contributed by atoms with E-state index < -0.39 is 0 Å². The largest absolute Gasteiger partial charge is 0.370 e. The standard InChI is InChI=1S/C15H17BrN2S/c1-2-7-17-15-9-12(6-8-18-15)11-19-14-5-3-4-13(16)10-14/h3-6,8-10H,2,7,11H2,1H3,(H,17,18). The summed E-state index contributed by atoms with van der Waals surface area (Å²) in [5.74, 6) is 1.92. The molecule has 0 aliphatic carbocycles. The summed E-state index contributed by atoms with van der Waals surface area (Å²) in [6.07, 6.45) is 2.98. The molecule has 0 unspecified atom stereocenters. The number of aromatic nitrogens is 1. The average molecular weight is 337 g/mol. The topological polar surface area (TPSA) is 24.9 Å². The second-order valence-electron chi connectivity index (χ2n) is 4.22. The van der Waals surface area contributed by atoms with Crippen molar-refractivity contribution >= 4 is 33.5 Å². The Morgan fingerprint density at radius 1 is 1.26 bits per heavy atom. The predicted octanol–water partition coefficient (Wildman–Crippen LogP) is 4.96. The van der Waals surface area contributed by atoms with Crippen LogP contribution in [0.4, 0.5) is 5.82 Å². The number of thioether (sulfide) groups is 1. The van der Waals surface area contributed by atoms with E-state index >= 15 is 0 Å². The molecule has 2 nitrogen and oxygen atoms in total. The summed E-state index contributed by atoms with van der Waals surface area (Å²) in [6, 6.07) is 12.6. The lowest BCUT2D eigenvalue weighted by molar-refractivity contribution is 0.968. The van der Waals surface area contributed by atoms with Gasteiger partial charge in [-0.05, 0) is 42.3 Å². The lowest BCUT2D eigenvalue weighted by Crippen LogP contribution is -2.01. The molecule has 0 amide bonds. The summed E-state index contributed by atoms with van der Waals surface area (Å²) < 4.78 is 1.12. The second kappa shape index (κ2) is 7.56. The molecule has 0 spiro atoms. The third kappa shape index (κ3) is 4.88. The Hall–Kier alpha value is -1.00. The van der Waals surface area contributed by atoms with E-state index in [-0.39, 0.29) is 0 Å². The highest BCUT2D eigenvalue weighted by Gasteiger charge is 1.99. The molecule has 100 valence electrons. The zero-order chi connectivity index (χ0) is 13.5. The quantitative estimate of drug-likeness (QED) is 0.754. The molecule has 0 fully saturated rings. The van der Waals surface area contributed by atoms with Crippen molar-refractivity contribution in [2.45, 2.75) is 24.0 Å². The Morgan fingerprint density at radius 3 is 2.95 bits per heavy atom. The van der Waals surface area contributed by atoms with E-state index in [1.54, 1.807) is 0 Å². The van der Waals surface area contributed by atoms with Crippen LogP contribution in [0.15, 0.2) is 52.0 Å². The van der Waals surface area contributed by atoms with Crippen LogP contribution in [-0.4, -0.2) is 11.5 Å². The first-order valence-corrected chi connectivity index (χ1v) is 8.13. The smallest absolute Gasteiger partial charge is 0.126 e. The van der Waals surface area contributed by atoms with E-state index in [9.17, 15) is 0 Å². The molecule has 0 saturated carbocycles. The number of nitrogens with one attached hydrogen (secondary N) is 1. The summed E-state index contributed by atoms with van der Waals surface area (Å²) in [5, 5.41) is 3.31. The fourth-order valence-corrected chi connectivity index (χ4v) is 3.09. The molecule has 2 rings (SSSR count). The van der Waals surface area contributed by atoms with Crippen molar-refractivity contribution < 1.29 is 0 Å². The summed E-state index contributed by atoms with van der Waals surface area (Å²) in [6.45, 7) is 3.12. The highest BCUT2D eigenvalue weighted by atomic mass is 79.9. The van der Waals surface area contributed by atoms with Crippen LogP contribution in [-0.2, 0) is 5.75 Å². The summed E-state index contributed by atoms with van der Waals surface area (Å²) in [7, 11) is 0. The Labute approximate surface area is 127 Å². The molecule has 0 saturated heterocycles. The van der Waals surface area contributed by atoms with E-state index in [4.69, 9.17) is 0 Å². The molecule has 0 aliphatic heterocycles. The highest BCUT2D eigenvalue weighted by molar-refractivity contribution is 9.10. The first-order valence-electron chi connectivity index (χ1n) is 6.35. The summed E-state index contributed by atoms with van der Waals surface area (Å²) in [4.78, 5) is 5.59. The molecule has 1 heterocycles. The number of nitrogens with zero attached hydrogens (tertiary/aromatic N) is 1. The van der Waals surface area contributed by atoms with Gasteiger partial charge in [-0.25, -0.2) is 4.98 Å². The molecule has 0 aliphatic rings. The minimum absolute atomic E-state index is 0.958. The van der Waals surface area contributed by atoms with Gasteiger partial charge in [-0.1, -0.05) is 28.9 Å². The summed E-state index contributed by atoms with van der Waals surface area (Å²) in [5.41, 5.74) is 1.29. The first kappa shape index (κ1) is 14.4. The van der Waals surface area contributed by atoms with Crippen LogP contribution < -0.4 is 5.32 Å². The van der Waals surface area contributed by atoms with Gasteiger partial charge >= 0.3 is 0 Å². The first-order chi connectivity index (χ1) is 9.28. The van der Waals surface area contributed by atoms with Crippen molar-refractivity contribution in [3.63, 3.8) is 0 Å². The van der Waals surface area contributed by atoms with Gasteiger partial charge in [-0.3, -0.25) is 0 Å². The number of hydrogen-bond donors (Lipinski definition) is 1. The molecule has 0 bridgehead atoms. The van der Waals surface area contributed by atoms with Gasteiger partial charge in [0.05, 0.1) is 0 Å². The molecular weight excluding hydrogens is 320 g/mol. The SMILES string of the molecule is CCCNc1cc(CSc2cccc(Br)c2)ccn1. The Morgan fingerprint density at radius 2 is 2.16 bits per heavy atom. The Kier molecular flexibility index (Phi) is 5.73. The maximum Gasteiger partial charge on any atom is 0.126 e. The molecule has 1 aromatic carbocycles. The van der Waals surface area contributed by atoms with Crippen LogP contribution in [0.1, 0.15) is 18.9 Å². The molecule has 1 N–H and O–H groups in total. The number of hydrogen-bond acceptors (Lipinski definition) is 3. The van der Waals surface area contributed by atoms with Gasteiger partial charge in [0, 0.05) is 27.9 Å². The zero-order valence-electron chi connectivity index (χ0n) is 10.9. The Bertz CT molecular complexity index is 531.